The summed E-state index contributed by atoms with van der Waals surface area (Å²) in [6.45, 7) is 8.62. The molecule has 0 spiro atoms. The molecule has 2 amide bonds. The van der Waals surface area contributed by atoms with Crippen LogP contribution in [0.15, 0.2) is 12.1 Å². The lowest BCUT2D eigenvalue weighted by Crippen LogP contribution is -2.50. The molecule has 4 atom stereocenters. The van der Waals surface area contributed by atoms with Crippen LogP contribution in [0.1, 0.15) is 89.4 Å². The minimum atomic E-state index is -0.802. The van der Waals surface area contributed by atoms with Crippen molar-refractivity contribution in [3.05, 3.63) is 23.5 Å². The molecule has 9 heteroatoms. The van der Waals surface area contributed by atoms with E-state index < -0.39 is 23.1 Å². The maximum absolute atomic E-state index is 15.0. The molecule has 8 nitrogen and oxygen atoms in total. The number of carbonyl (C=O) groups excluding carboxylic acids is 2. The van der Waals surface area contributed by atoms with Gasteiger partial charge in [0, 0.05) is 18.7 Å². The van der Waals surface area contributed by atoms with Crippen LogP contribution < -0.4 is 20.1 Å². The Morgan fingerprint density at radius 1 is 1.08 bits per heavy atom. The van der Waals surface area contributed by atoms with Crippen molar-refractivity contribution in [2.45, 2.75) is 91.2 Å². The Morgan fingerprint density at radius 2 is 1.74 bits per heavy atom. The highest BCUT2D eigenvalue weighted by molar-refractivity contribution is 5.98. The van der Waals surface area contributed by atoms with E-state index in [-0.39, 0.29) is 58.3 Å². The summed E-state index contributed by atoms with van der Waals surface area (Å²) < 4.78 is 26.3. The second-order valence-corrected chi connectivity index (χ2v) is 12.9. The molecule has 0 unspecified atom stereocenters. The van der Waals surface area contributed by atoms with Crippen molar-refractivity contribution in [1.29, 1.82) is 0 Å². The summed E-state index contributed by atoms with van der Waals surface area (Å²) in [5.74, 6) is -1.71. The van der Waals surface area contributed by atoms with Crippen molar-refractivity contribution in [2.24, 2.45) is 28.6 Å². The van der Waals surface area contributed by atoms with Crippen LogP contribution in [-0.4, -0.2) is 48.7 Å². The first-order valence-corrected chi connectivity index (χ1v) is 14.2. The highest BCUT2D eigenvalue weighted by atomic mass is 19.1. The molecule has 1 aromatic rings. The second-order valence-electron chi connectivity index (χ2n) is 12.9. The molecular formula is C30H43FN2O6. The van der Waals surface area contributed by atoms with E-state index in [0.717, 1.165) is 25.3 Å². The average Bonchev–Trinajstić information content (AvgIpc) is 3.50. The van der Waals surface area contributed by atoms with Gasteiger partial charge >= 0.3 is 5.97 Å². The number of hydrogen-bond donors (Lipinski definition) is 3. The third-order valence-electron chi connectivity index (χ3n) is 9.12. The number of halogens is 1. The van der Waals surface area contributed by atoms with Crippen LogP contribution in [0, 0.1) is 34.4 Å². The minimum absolute atomic E-state index is 0.0284. The van der Waals surface area contributed by atoms with E-state index in [9.17, 15) is 23.9 Å². The molecule has 3 aliphatic carbocycles. The molecule has 0 aliphatic heterocycles. The molecule has 2 bridgehead atoms. The van der Waals surface area contributed by atoms with Gasteiger partial charge in [-0.25, -0.2) is 4.39 Å². The van der Waals surface area contributed by atoms with Crippen LogP contribution in [-0.2, 0) is 9.59 Å². The number of hydrogen-bond acceptors (Lipinski definition) is 5. The third-order valence-corrected chi connectivity index (χ3v) is 9.12. The smallest absolute Gasteiger partial charge is 0.309 e. The van der Waals surface area contributed by atoms with Crippen LogP contribution in [0.25, 0.3) is 0 Å². The molecule has 0 radical (unpaired) electrons. The van der Waals surface area contributed by atoms with E-state index >= 15 is 0 Å². The van der Waals surface area contributed by atoms with Crippen molar-refractivity contribution in [2.75, 3.05) is 13.7 Å². The number of nitrogens with one attached hydrogen (secondary N) is 2. The highest BCUT2D eigenvalue weighted by Crippen LogP contribution is 2.49. The molecule has 3 fully saturated rings. The summed E-state index contributed by atoms with van der Waals surface area (Å²) in [5.41, 5.74) is -0.664. The van der Waals surface area contributed by atoms with E-state index in [1.54, 1.807) is 0 Å². The Hall–Kier alpha value is -2.84. The van der Waals surface area contributed by atoms with Gasteiger partial charge in [-0.1, -0.05) is 27.7 Å². The molecule has 0 aromatic heterocycles. The number of ether oxygens (including phenoxy) is 2. The van der Waals surface area contributed by atoms with E-state index in [0.29, 0.717) is 38.6 Å². The van der Waals surface area contributed by atoms with Gasteiger partial charge in [0.05, 0.1) is 30.1 Å². The molecule has 1 aromatic carbocycles. The van der Waals surface area contributed by atoms with Gasteiger partial charge in [-0.2, -0.15) is 0 Å². The molecule has 3 N–H and O–H groups in total. The predicted octanol–water partition coefficient (Wildman–Crippen LogP) is 4.94. The van der Waals surface area contributed by atoms with Crippen LogP contribution in [0.5, 0.6) is 11.5 Å². The monoisotopic (exact) mass is 546 g/mol. The van der Waals surface area contributed by atoms with Gasteiger partial charge in [-0.15, -0.1) is 0 Å². The zero-order chi connectivity index (χ0) is 28.5. The fourth-order valence-corrected chi connectivity index (χ4v) is 6.71. The number of amides is 2. The van der Waals surface area contributed by atoms with Crippen LogP contribution in [0.2, 0.25) is 0 Å². The Labute approximate surface area is 230 Å². The first-order valence-electron chi connectivity index (χ1n) is 14.2. The number of benzene rings is 1. The van der Waals surface area contributed by atoms with Crippen LogP contribution in [0.4, 0.5) is 4.39 Å². The first kappa shape index (κ1) is 29.2. The van der Waals surface area contributed by atoms with Gasteiger partial charge in [-0.05, 0) is 74.7 Å². The van der Waals surface area contributed by atoms with Crippen LogP contribution in [0.3, 0.4) is 0 Å². The number of rotatable bonds is 9. The van der Waals surface area contributed by atoms with Gasteiger partial charge in [0.25, 0.3) is 5.91 Å². The lowest BCUT2D eigenvalue weighted by Gasteiger charge is -2.36. The maximum Gasteiger partial charge on any atom is 0.309 e. The number of fused-ring (bicyclic) bond motifs is 2. The molecular weight excluding hydrogens is 503 g/mol. The molecule has 0 saturated heterocycles. The zero-order valence-corrected chi connectivity index (χ0v) is 23.8. The van der Waals surface area contributed by atoms with Crippen molar-refractivity contribution in [3.8, 4) is 11.5 Å². The lowest BCUT2D eigenvalue weighted by molar-refractivity contribution is -0.152. The van der Waals surface area contributed by atoms with Crippen molar-refractivity contribution < 1.29 is 33.4 Å². The van der Waals surface area contributed by atoms with Gasteiger partial charge in [0.1, 0.15) is 5.75 Å². The summed E-state index contributed by atoms with van der Waals surface area (Å²) in [5, 5.41) is 15.8. The molecule has 216 valence electrons. The fraction of sp³-hybridized carbons (Fsp3) is 0.700. The second kappa shape index (κ2) is 11.3. The maximum atomic E-state index is 15.0. The predicted molar refractivity (Wildman–Crippen MR) is 144 cm³/mol. The summed E-state index contributed by atoms with van der Waals surface area (Å²) in [6, 6.07) is 2.21. The number of carboxylic acid groups (broad SMARTS) is 1. The summed E-state index contributed by atoms with van der Waals surface area (Å²) in [6.07, 6.45) is 4.93. The summed E-state index contributed by atoms with van der Waals surface area (Å²) in [4.78, 5) is 38.5. The largest absolute Gasteiger partial charge is 0.496 e. The SMILES string of the molecule is CCC1(C(=O)O)CCC(Oc2cc(C(=O)N[C@@H]3[C@H]4CC[C@H](C4)[C@@H]3C(=O)NCC(C)(C)C)c(OC)cc2F)CC1. The normalized spacial score (nSPS) is 30.1. The van der Waals surface area contributed by atoms with Gasteiger partial charge in [-0.3, -0.25) is 14.4 Å². The molecule has 3 aliphatic rings. The number of methoxy groups -OCH3 is 1. The van der Waals surface area contributed by atoms with E-state index in [2.05, 4.69) is 31.4 Å². The fourth-order valence-electron chi connectivity index (χ4n) is 6.71. The van der Waals surface area contributed by atoms with Crippen molar-refractivity contribution in [3.63, 3.8) is 0 Å². The molecule has 4 rings (SSSR count). The number of carboxylic acids is 1. The Balaban J connectivity index is 1.48. The summed E-state index contributed by atoms with van der Waals surface area (Å²) in [7, 11) is 1.38. The zero-order valence-electron chi connectivity index (χ0n) is 23.8. The van der Waals surface area contributed by atoms with E-state index in [1.165, 1.54) is 13.2 Å². The molecule has 0 heterocycles. The lowest BCUT2D eigenvalue weighted by atomic mass is 9.71. The highest BCUT2D eigenvalue weighted by Gasteiger charge is 2.51. The van der Waals surface area contributed by atoms with Gasteiger partial charge in [0.2, 0.25) is 5.91 Å². The molecule has 39 heavy (non-hydrogen) atoms. The Morgan fingerprint density at radius 3 is 2.33 bits per heavy atom. The van der Waals surface area contributed by atoms with Crippen molar-refractivity contribution >= 4 is 17.8 Å². The number of carbonyl (C=O) groups is 3. The van der Waals surface area contributed by atoms with Crippen molar-refractivity contribution in [1.82, 2.24) is 10.6 Å². The minimum Gasteiger partial charge on any atom is -0.496 e. The Bertz CT molecular complexity index is 1090. The van der Waals surface area contributed by atoms with Crippen LogP contribution >= 0.6 is 0 Å². The Kier molecular flexibility index (Phi) is 8.47. The average molecular weight is 547 g/mol. The van der Waals surface area contributed by atoms with Gasteiger partial charge < -0.3 is 25.2 Å². The quantitative estimate of drug-likeness (QED) is 0.404. The van der Waals surface area contributed by atoms with E-state index in [4.69, 9.17) is 9.47 Å². The first-order chi connectivity index (χ1) is 18.4. The van der Waals surface area contributed by atoms with E-state index in [1.807, 2.05) is 6.92 Å². The molecule has 3 saturated carbocycles. The standard InChI is InChI=1S/C30H43FN2O6/c1-6-30(28(36)37)11-9-19(10-12-30)39-23-14-20(22(38-5)15-21(23)31)26(34)33-25-18-8-7-17(13-18)24(25)27(35)32-16-29(2,3)4/h14-15,17-19,24-25H,6-13,16H2,1-5H3,(H,32,35)(H,33,34)(H,36,37)/t17-,18+,19?,24+,25-,30?/m1/s1. The topological polar surface area (TPSA) is 114 Å². The third kappa shape index (κ3) is 6.17. The van der Waals surface area contributed by atoms with Gasteiger partial charge in [0.15, 0.2) is 11.6 Å². The summed E-state index contributed by atoms with van der Waals surface area (Å²) >= 11 is 0. The number of aliphatic carboxylic acids is 1.